The van der Waals surface area contributed by atoms with Gasteiger partial charge in [0.15, 0.2) is 5.17 Å². The van der Waals surface area contributed by atoms with Crippen molar-refractivity contribution in [1.29, 1.82) is 0 Å². The van der Waals surface area contributed by atoms with Gasteiger partial charge in [-0.3, -0.25) is 0 Å². The monoisotopic (exact) mass is 338 g/mol. The Labute approximate surface area is 134 Å². The molecule has 0 atom stereocenters. The predicted octanol–water partition coefficient (Wildman–Crippen LogP) is 2.92. The van der Waals surface area contributed by atoms with Crippen molar-refractivity contribution in [3.05, 3.63) is 60.2 Å². The van der Waals surface area contributed by atoms with E-state index in [2.05, 4.69) is 5.10 Å². The van der Waals surface area contributed by atoms with Crippen molar-refractivity contribution in [2.75, 3.05) is 14.2 Å². The molecule has 0 aliphatic rings. The third-order valence-electron chi connectivity index (χ3n) is 2.95. The number of nitrogens with zero attached hydrogens (tertiary/aromatic N) is 2. The number of ether oxygens (including phenoxy) is 1. The fourth-order valence-corrected chi connectivity index (χ4v) is 2.99. The highest BCUT2D eigenvalue weighted by atomic mass is 35.5. The minimum absolute atomic E-state index is 0.0738. The molecule has 0 unspecified atom stereocenters. The van der Waals surface area contributed by atoms with E-state index >= 15 is 0 Å². The van der Waals surface area contributed by atoms with Crippen LogP contribution in [0.4, 0.5) is 0 Å². The summed E-state index contributed by atoms with van der Waals surface area (Å²) >= 11 is 6.09. The van der Waals surface area contributed by atoms with Gasteiger partial charge in [0.2, 0.25) is 0 Å². The van der Waals surface area contributed by atoms with Crippen molar-refractivity contribution in [2.45, 2.75) is 4.90 Å². The zero-order chi connectivity index (χ0) is 16.2. The van der Waals surface area contributed by atoms with E-state index in [9.17, 15) is 8.42 Å². The number of hydrogen-bond donors (Lipinski definition) is 0. The molecule has 5 nitrogen and oxygen atoms in total. The van der Waals surface area contributed by atoms with Gasteiger partial charge in [-0.2, -0.15) is 12.8 Å². The van der Waals surface area contributed by atoms with E-state index in [1.165, 1.54) is 19.2 Å². The van der Waals surface area contributed by atoms with Crippen LogP contribution in [-0.2, 0) is 10.0 Å². The van der Waals surface area contributed by atoms with E-state index in [0.717, 1.165) is 4.41 Å². The average molecular weight is 339 g/mol. The standard InChI is InChI=1S/C15H15ClN2O3S/c1-18(22(19,20)14-6-4-3-5-7-14)17-15(16)12-8-10-13(21-2)11-9-12/h3-11H,1-2H3/b17-15-. The van der Waals surface area contributed by atoms with Crippen LogP contribution in [-0.4, -0.2) is 32.2 Å². The minimum Gasteiger partial charge on any atom is -0.497 e. The summed E-state index contributed by atoms with van der Waals surface area (Å²) in [6, 6.07) is 14.9. The molecule has 0 N–H and O–H groups in total. The van der Waals surface area contributed by atoms with E-state index < -0.39 is 10.0 Å². The average Bonchev–Trinajstić information content (AvgIpc) is 2.55. The Morgan fingerprint density at radius 1 is 1.09 bits per heavy atom. The Morgan fingerprint density at radius 2 is 1.68 bits per heavy atom. The second kappa shape index (κ2) is 6.81. The molecule has 0 aromatic heterocycles. The van der Waals surface area contributed by atoms with Gasteiger partial charge in [-0.1, -0.05) is 29.8 Å². The van der Waals surface area contributed by atoms with Gasteiger partial charge < -0.3 is 4.74 Å². The predicted molar refractivity (Wildman–Crippen MR) is 86.8 cm³/mol. The zero-order valence-electron chi connectivity index (χ0n) is 12.1. The van der Waals surface area contributed by atoms with Crippen LogP contribution in [0.3, 0.4) is 0 Å². The SMILES string of the molecule is COc1ccc(/C(Cl)=N/N(C)S(=O)(=O)c2ccccc2)cc1. The maximum Gasteiger partial charge on any atom is 0.278 e. The van der Waals surface area contributed by atoms with Crippen molar-refractivity contribution < 1.29 is 13.2 Å². The summed E-state index contributed by atoms with van der Waals surface area (Å²) in [6.45, 7) is 0. The lowest BCUT2D eigenvalue weighted by molar-refractivity contribution is 0.415. The number of halogens is 1. The quantitative estimate of drug-likeness (QED) is 0.622. The molecule has 0 saturated carbocycles. The van der Waals surface area contributed by atoms with Gasteiger partial charge in [0.05, 0.1) is 12.0 Å². The molecule has 0 aliphatic carbocycles. The number of hydrogen-bond acceptors (Lipinski definition) is 4. The fourth-order valence-electron chi connectivity index (χ4n) is 1.71. The Kier molecular flexibility index (Phi) is 5.05. The molecule has 0 aliphatic heterocycles. The maximum atomic E-state index is 12.3. The summed E-state index contributed by atoms with van der Waals surface area (Å²) in [5.74, 6) is 0.679. The second-order valence-corrected chi connectivity index (χ2v) is 6.68. The molecular weight excluding hydrogens is 324 g/mol. The lowest BCUT2D eigenvalue weighted by Crippen LogP contribution is -2.22. The molecular formula is C15H15ClN2O3S. The number of rotatable bonds is 5. The highest BCUT2D eigenvalue weighted by Gasteiger charge is 2.19. The number of sulfonamides is 1. The van der Waals surface area contributed by atoms with E-state index in [-0.39, 0.29) is 10.1 Å². The Morgan fingerprint density at radius 3 is 2.23 bits per heavy atom. The van der Waals surface area contributed by atoms with Gasteiger partial charge in [0.1, 0.15) is 5.75 Å². The molecule has 0 spiro atoms. The summed E-state index contributed by atoms with van der Waals surface area (Å²) in [6.07, 6.45) is 0. The molecule has 2 rings (SSSR count). The fraction of sp³-hybridized carbons (Fsp3) is 0.133. The van der Waals surface area contributed by atoms with E-state index in [4.69, 9.17) is 16.3 Å². The molecule has 2 aromatic rings. The Bertz CT molecular complexity index is 759. The second-order valence-electron chi connectivity index (χ2n) is 4.37. The zero-order valence-corrected chi connectivity index (χ0v) is 13.7. The van der Waals surface area contributed by atoms with Crippen molar-refractivity contribution in [3.63, 3.8) is 0 Å². The van der Waals surface area contributed by atoms with Crippen LogP contribution in [0.15, 0.2) is 64.6 Å². The van der Waals surface area contributed by atoms with E-state index in [0.29, 0.717) is 11.3 Å². The largest absolute Gasteiger partial charge is 0.497 e. The Balaban J connectivity index is 2.27. The van der Waals surface area contributed by atoms with Gasteiger partial charge in [0.25, 0.3) is 10.0 Å². The normalized spacial score (nSPS) is 12.0. The van der Waals surface area contributed by atoms with Gasteiger partial charge in [-0.05, 0) is 36.4 Å². The summed E-state index contributed by atoms with van der Waals surface area (Å²) in [4.78, 5) is 0.153. The lowest BCUT2D eigenvalue weighted by Gasteiger charge is -2.14. The lowest BCUT2D eigenvalue weighted by atomic mass is 10.2. The maximum absolute atomic E-state index is 12.3. The molecule has 0 amide bonds. The summed E-state index contributed by atoms with van der Waals surface area (Å²) < 4.78 is 30.6. The number of benzene rings is 2. The topological polar surface area (TPSA) is 59.0 Å². The van der Waals surface area contributed by atoms with Crippen LogP contribution in [0.1, 0.15) is 5.56 Å². The van der Waals surface area contributed by atoms with Crippen molar-refractivity contribution >= 4 is 26.8 Å². The molecule has 116 valence electrons. The number of hydrazone groups is 1. The van der Waals surface area contributed by atoms with Crippen LogP contribution in [0.25, 0.3) is 0 Å². The van der Waals surface area contributed by atoms with Crippen molar-refractivity contribution in [1.82, 2.24) is 4.41 Å². The minimum atomic E-state index is -3.72. The molecule has 2 aromatic carbocycles. The van der Waals surface area contributed by atoms with Crippen LogP contribution in [0, 0.1) is 0 Å². The molecule has 0 heterocycles. The molecule has 0 bridgehead atoms. The first-order valence-corrected chi connectivity index (χ1v) is 8.19. The molecule has 7 heteroatoms. The van der Waals surface area contributed by atoms with Gasteiger partial charge in [0, 0.05) is 12.6 Å². The van der Waals surface area contributed by atoms with E-state index in [1.54, 1.807) is 49.6 Å². The molecule has 0 radical (unpaired) electrons. The first-order valence-electron chi connectivity index (χ1n) is 6.37. The van der Waals surface area contributed by atoms with E-state index in [1.807, 2.05) is 0 Å². The molecule has 22 heavy (non-hydrogen) atoms. The first kappa shape index (κ1) is 16.3. The highest BCUT2D eigenvalue weighted by molar-refractivity contribution is 7.89. The van der Waals surface area contributed by atoms with Gasteiger partial charge in [-0.25, -0.2) is 0 Å². The van der Waals surface area contributed by atoms with Crippen LogP contribution >= 0.6 is 11.6 Å². The smallest absolute Gasteiger partial charge is 0.278 e. The third-order valence-corrected chi connectivity index (χ3v) is 4.88. The van der Waals surface area contributed by atoms with Gasteiger partial charge >= 0.3 is 0 Å². The van der Waals surface area contributed by atoms with Crippen LogP contribution < -0.4 is 4.74 Å². The molecule has 0 saturated heterocycles. The third kappa shape index (κ3) is 3.58. The summed E-state index contributed by atoms with van der Waals surface area (Å²) in [7, 11) is -0.816. The summed E-state index contributed by atoms with van der Waals surface area (Å²) in [5.41, 5.74) is 0.595. The van der Waals surface area contributed by atoms with Crippen LogP contribution in [0.5, 0.6) is 5.75 Å². The van der Waals surface area contributed by atoms with Crippen molar-refractivity contribution in [2.24, 2.45) is 5.10 Å². The Hall–Kier alpha value is -2.05. The number of methoxy groups -OCH3 is 1. The van der Waals surface area contributed by atoms with Crippen molar-refractivity contribution in [3.8, 4) is 5.75 Å². The molecule has 0 fully saturated rings. The van der Waals surface area contributed by atoms with Crippen LogP contribution in [0.2, 0.25) is 0 Å². The van der Waals surface area contributed by atoms with Gasteiger partial charge in [-0.15, -0.1) is 5.10 Å². The summed E-state index contributed by atoms with van der Waals surface area (Å²) in [5, 5.41) is 4.01. The first-order chi connectivity index (χ1) is 10.4. The highest BCUT2D eigenvalue weighted by Crippen LogP contribution is 2.17.